The zero-order valence-corrected chi connectivity index (χ0v) is 20.9. The normalized spacial score (nSPS) is 28.9. The standard InChI is InChI=1S/C24H33N3O6S/c1-6-23(7-2)17(26-20(34)25-13-11-9-8-10-12-13)14-15(18(28)29)16(14)24(23,19(30)31)27-21(32)33-22(3,4)5/h8-12,14-17H,6-7H2,1-5H3,(H,27,32)(H,28,29)(H,30,31)(H2,25,26,34)/t14-,15-,16+,17+,24-/m1/s1. The zero-order chi connectivity index (χ0) is 25.5. The van der Waals surface area contributed by atoms with Gasteiger partial charge in [0.15, 0.2) is 10.7 Å². The van der Waals surface area contributed by atoms with Gasteiger partial charge in [0.2, 0.25) is 0 Å². The van der Waals surface area contributed by atoms with Gasteiger partial charge in [0.05, 0.1) is 5.92 Å². The van der Waals surface area contributed by atoms with E-state index in [0.29, 0.717) is 12.8 Å². The Labute approximate surface area is 204 Å². The fourth-order valence-corrected chi connectivity index (χ4v) is 6.21. The highest BCUT2D eigenvalue weighted by Crippen LogP contribution is 2.71. The quantitative estimate of drug-likeness (QED) is 0.363. The van der Waals surface area contributed by atoms with E-state index in [-0.39, 0.29) is 5.11 Å². The van der Waals surface area contributed by atoms with Crippen LogP contribution in [0.2, 0.25) is 0 Å². The number of anilines is 1. The molecule has 3 rings (SSSR count). The average molecular weight is 492 g/mol. The number of para-hydroxylation sites is 1. The van der Waals surface area contributed by atoms with Crippen molar-refractivity contribution in [2.45, 2.75) is 64.6 Å². The summed E-state index contributed by atoms with van der Waals surface area (Å²) in [7, 11) is 0. The van der Waals surface area contributed by atoms with Crippen LogP contribution in [0.4, 0.5) is 10.5 Å². The number of benzene rings is 1. The van der Waals surface area contributed by atoms with Gasteiger partial charge >= 0.3 is 18.0 Å². The van der Waals surface area contributed by atoms with Crippen LogP contribution < -0.4 is 16.0 Å². The molecule has 0 unspecified atom stereocenters. The summed E-state index contributed by atoms with van der Waals surface area (Å²) >= 11 is 5.52. The lowest BCUT2D eigenvalue weighted by Crippen LogP contribution is -2.69. The maximum absolute atomic E-state index is 12.9. The highest BCUT2D eigenvalue weighted by Gasteiger charge is 2.84. The van der Waals surface area contributed by atoms with Crippen molar-refractivity contribution in [2.24, 2.45) is 23.2 Å². The molecule has 186 valence electrons. The van der Waals surface area contributed by atoms with Crippen molar-refractivity contribution in [2.75, 3.05) is 5.32 Å². The fraction of sp³-hybridized carbons (Fsp3) is 0.583. The second kappa shape index (κ2) is 9.05. The molecule has 0 spiro atoms. The first-order valence-electron chi connectivity index (χ1n) is 11.4. The van der Waals surface area contributed by atoms with E-state index in [1.165, 1.54) is 0 Å². The predicted molar refractivity (Wildman–Crippen MR) is 130 cm³/mol. The number of carboxylic acids is 2. The van der Waals surface area contributed by atoms with E-state index < -0.39 is 58.4 Å². The third kappa shape index (κ3) is 4.19. The molecule has 9 nitrogen and oxygen atoms in total. The molecular formula is C24H33N3O6S. The van der Waals surface area contributed by atoms with Crippen molar-refractivity contribution >= 4 is 41.0 Å². The molecule has 34 heavy (non-hydrogen) atoms. The number of hydrogen-bond donors (Lipinski definition) is 5. The lowest BCUT2D eigenvalue weighted by atomic mass is 9.62. The highest BCUT2D eigenvalue weighted by molar-refractivity contribution is 7.80. The summed E-state index contributed by atoms with van der Waals surface area (Å²) in [6.45, 7) is 8.74. The molecule has 2 aliphatic rings. The number of alkyl carbamates (subject to hydrolysis) is 1. The molecule has 0 aromatic heterocycles. The largest absolute Gasteiger partial charge is 0.481 e. The number of rotatable bonds is 7. The van der Waals surface area contributed by atoms with Crippen molar-refractivity contribution in [1.29, 1.82) is 0 Å². The van der Waals surface area contributed by atoms with Crippen LogP contribution in [0, 0.1) is 23.2 Å². The van der Waals surface area contributed by atoms with Gasteiger partial charge in [0.25, 0.3) is 0 Å². The number of carbonyl (C=O) groups excluding carboxylic acids is 1. The summed E-state index contributed by atoms with van der Waals surface area (Å²) < 4.78 is 5.40. The number of hydrogen-bond acceptors (Lipinski definition) is 5. The number of ether oxygens (including phenoxy) is 1. The molecule has 1 aromatic rings. The van der Waals surface area contributed by atoms with Gasteiger partial charge in [-0.05, 0) is 63.9 Å². The Morgan fingerprint density at radius 3 is 2.15 bits per heavy atom. The van der Waals surface area contributed by atoms with Crippen molar-refractivity contribution in [3.05, 3.63) is 30.3 Å². The van der Waals surface area contributed by atoms with Gasteiger partial charge in [0, 0.05) is 23.1 Å². The minimum Gasteiger partial charge on any atom is -0.481 e. The predicted octanol–water partition coefficient (Wildman–Crippen LogP) is 3.46. The zero-order valence-electron chi connectivity index (χ0n) is 20.0. The van der Waals surface area contributed by atoms with Crippen molar-refractivity contribution in [3.8, 4) is 0 Å². The van der Waals surface area contributed by atoms with Gasteiger partial charge in [-0.2, -0.15) is 0 Å². The molecule has 5 atom stereocenters. The molecule has 0 bridgehead atoms. The van der Waals surface area contributed by atoms with E-state index in [4.69, 9.17) is 17.0 Å². The lowest BCUT2D eigenvalue weighted by Gasteiger charge is -2.49. The van der Waals surface area contributed by atoms with Crippen molar-refractivity contribution in [1.82, 2.24) is 10.6 Å². The van der Waals surface area contributed by atoms with E-state index >= 15 is 0 Å². The number of thiocarbonyl (C=S) groups is 1. The van der Waals surface area contributed by atoms with Gasteiger partial charge in [-0.25, -0.2) is 9.59 Å². The summed E-state index contributed by atoms with van der Waals surface area (Å²) in [6.07, 6.45) is -0.144. The Bertz CT molecular complexity index is 975. The average Bonchev–Trinajstić information content (AvgIpc) is 3.43. The number of carbonyl (C=O) groups is 3. The third-order valence-electron chi connectivity index (χ3n) is 7.24. The van der Waals surface area contributed by atoms with Gasteiger partial charge in [-0.15, -0.1) is 0 Å². The maximum atomic E-state index is 12.9. The van der Waals surface area contributed by atoms with Crippen molar-refractivity contribution in [3.63, 3.8) is 0 Å². The topological polar surface area (TPSA) is 137 Å². The molecular weight excluding hydrogens is 458 g/mol. The van der Waals surface area contributed by atoms with Crippen LogP contribution in [0.3, 0.4) is 0 Å². The minimum atomic E-state index is -1.84. The number of carboxylic acid groups (broad SMARTS) is 2. The first-order chi connectivity index (χ1) is 15.8. The summed E-state index contributed by atoms with van der Waals surface area (Å²) in [4.78, 5) is 37.9. The Morgan fingerprint density at radius 2 is 1.68 bits per heavy atom. The Balaban J connectivity index is 2.02. The molecule has 2 saturated carbocycles. The van der Waals surface area contributed by atoms with E-state index in [9.17, 15) is 24.6 Å². The van der Waals surface area contributed by atoms with Crippen LogP contribution in [-0.4, -0.2) is 50.5 Å². The number of aliphatic carboxylic acids is 2. The lowest BCUT2D eigenvalue weighted by molar-refractivity contribution is -0.155. The second-order valence-electron chi connectivity index (χ2n) is 10.0. The summed E-state index contributed by atoms with van der Waals surface area (Å²) in [6, 6.07) is 8.64. The first kappa shape index (κ1) is 25.7. The highest BCUT2D eigenvalue weighted by atomic mass is 32.1. The summed E-state index contributed by atoms with van der Waals surface area (Å²) in [5.41, 5.74) is -2.96. The molecule has 2 aliphatic carbocycles. The van der Waals surface area contributed by atoms with Gasteiger partial charge in [0.1, 0.15) is 5.60 Å². The molecule has 10 heteroatoms. The fourth-order valence-electron chi connectivity index (χ4n) is 5.96. The molecule has 0 saturated heterocycles. The van der Waals surface area contributed by atoms with Crippen LogP contribution in [0.1, 0.15) is 47.5 Å². The van der Waals surface area contributed by atoms with Crippen molar-refractivity contribution < 1.29 is 29.3 Å². The van der Waals surface area contributed by atoms with Gasteiger partial charge in [-0.1, -0.05) is 32.0 Å². The number of fused-ring (bicyclic) bond motifs is 1. The SMILES string of the molecule is CCC1(CC)[C@@H](NC(=S)Nc2ccccc2)[C@@H]2[C@@H](C(=O)O)[C@H]2[C@@]1(NC(=O)OC(C)(C)C)C(=O)O. The van der Waals surface area contributed by atoms with Crippen LogP contribution in [0.5, 0.6) is 0 Å². The first-order valence-corrected chi connectivity index (χ1v) is 11.9. The maximum Gasteiger partial charge on any atom is 0.408 e. The van der Waals surface area contributed by atoms with E-state index in [1.807, 2.05) is 44.2 Å². The van der Waals surface area contributed by atoms with Gasteiger partial charge in [-0.3, -0.25) is 4.79 Å². The summed E-state index contributed by atoms with van der Waals surface area (Å²) in [5, 5.41) is 29.6. The smallest absolute Gasteiger partial charge is 0.408 e. The number of amides is 1. The third-order valence-corrected chi connectivity index (χ3v) is 7.46. The molecule has 0 heterocycles. The Kier molecular flexibility index (Phi) is 6.85. The monoisotopic (exact) mass is 491 g/mol. The minimum absolute atomic E-state index is 0.260. The van der Waals surface area contributed by atoms with Crippen LogP contribution in [0.15, 0.2) is 30.3 Å². The molecule has 0 aliphatic heterocycles. The van der Waals surface area contributed by atoms with E-state index in [1.54, 1.807) is 20.8 Å². The molecule has 0 radical (unpaired) electrons. The second-order valence-corrected chi connectivity index (χ2v) is 10.4. The summed E-state index contributed by atoms with van der Waals surface area (Å²) in [5.74, 6) is -4.65. The Hall–Kier alpha value is -2.88. The molecule has 1 aromatic carbocycles. The number of nitrogens with one attached hydrogen (secondary N) is 3. The van der Waals surface area contributed by atoms with Crippen LogP contribution in [-0.2, 0) is 14.3 Å². The molecule has 5 N–H and O–H groups in total. The van der Waals surface area contributed by atoms with E-state index in [2.05, 4.69) is 16.0 Å². The van der Waals surface area contributed by atoms with E-state index in [0.717, 1.165) is 5.69 Å². The Morgan fingerprint density at radius 1 is 1.09 bits per heavy atom. The molecule has 2 fully saturated rings. The van der Waals surface area contributed by atoms with Crippen LogP contribution in [0.25, 0.3) is 0 Å². The van der Waals surface area contributed by atoms with Gasteiger partial charge < -0.3 is 30.9 Å². The van der Waals surface area contributed by atoms with Crippen LogP contribution >= 0.6 is 12.2 Å². The molecule has 1 amide bonds.